The van der Waals surface area contributed by atoms with Crippen LogP contribution in [0.25, 0.3) is 0 Å². The molecular weight excluding hydrogens is 372 g/mol. The molecule has 2 amide bonds. The molecule has 7 heteroatoms. The van der Waals surface area contributed by atoms with Crippen molar-refractivity contribution < 1.29 is 9.59 Å². The standard InChI is InChI=1S/C21H22N4O2S/c26-20(11-17-7-4-10-28-17)23-13-16-8-9-19-22-14-18(25(16)19)21(27)24-12-15-5-2-1-3-6-15/h1-7,10,14,16H,8-9,11-13H2,(H,23,26)(H,24,27). The van der Waals surface area contributed by atoms with Crippen LogP contribution in [0, 0.1) is 0 Å². The van der Waals surface area contributed by atoms with Gasteiger partial charge >= 0.3 is 0 Å². The Morgan fingerprint density at radius 2 is 2.00 bits per heavy atom. The van der Waals surface area contributed by atoms with Gasteiger partial charge in [-0.05, 0) is 23.4 Å². The molecule has 0 spiro atoms. The van der Waals surface area contributed by atoms with Crippen LogP contribution in [0.2, 0.25) is 0 Å². The minimum atomic E-state index is -0.139. The van der Waals surface area contributed by atoms with Crippen LogP contribution >= 0.6 is 11.3 Å². The summed E-state index contributed by atoms with van der Waals surface area (Å²) in [5.41, 5.74) is 1.61. The fraction of sp³-hybridized carbons (Fsp3) is 0.286. The lowest BCUT2D eigenvalue weighted by Gasteiger charge is -2.17. The first-order valence-corrected chi connectivity index (χ1v) is 10.3. The number of nitrogens with zero attached hydrogens (tertiary/aromatic N) is 2. The molecule has 1 aliphatic heterocycles. The number of thiophene rings is 1. The molecule has 0 aliphatic carbocycles. The molecule has 1 aliphatic rings. The lowest BCUT2D eigenvalue weighted by atomic mass is 10.2. The van der Waals surface area contributed by atoms with E-state index in [-0.39, 0.29) is 17.9 Å². The Hall–Kier alpha value is -2.93. The van der Waals surface area contributed by atoms with Crippen LogP contribution in [-0.4, -0.2) is 27.9 Å². The average molecular weight is 395 g/mol. The maximum atomic E-state index is 12.7. The number of nitrogens with one attached hydrogen (secondary N) is 2. The summed E-state index contributed by atoms with van der Waals surface area (Å²) in [6.07, 6.45) is 3.72. The number of imidazole rings is 1. The van der Waals surface area contributed by atoms with E-state index >= 15 is 0 Å². The Kier molecular flexibility index (Phi) is 5.53. The molecule has 0 bridgehead atoms. The van der Waals surface area contributed by atoms with Gasteiger partial charge in [-0.1, -0.05) is 36.4 Å². The number of hydrogen-bond acceptors (Lipinski definition) is 4. The highest BCUT2D eigenvalue weighted by molar-refractivity contribution is 7.10. The highest BCUT2D eigenvalue weighted by atomic mass is 32.1. The van der Waals surface area contributed by atoms with E-state index < -0.39 is 0 Å². The van der Waals surface area contributed by atoms with Crippen molar-refractivity contribution in [3.8, 4) is 0 Å². The summed E-state index contributed by atoms with van der Waals surface area (Å²) in [5, 5.41) is 7.94. The molecule has 0 radical (unpaired) electrons. The number of hydrogen-bond donors (Lipinski definition) is 2. The quantitative estimate of drug-likeness (QED) is 0.647. The molecule has 144 valence electrons. The minimum Gasteiger partial charge on any atom is -0.354 e. The maximum Gasteiger partial charge on any atom is 0.269 e. The van der Waals surface area contributed by atoms with Crippen LogP contribution in [0.15, 0.2) is 54.0 Å². The van der Waals surface area contributed by atoms with E-state index in [9.17, 15) is 9.59 Å². The fourth-order valence-electron chi connectivity index (χ4n) is 3.51. The Bertz CT molecular complexity index is 950. The monoisotopic (exact) mass is 394 g/mol. The van der Waals surface area contributed by atoms with Crippen LogP contribution < -0.4 is 10.6 Å². The average Bonchev–Trinajstić information content (AvgIpc) is 3.44. The molecule has 0 saturated heterocycles. The first-order chi connectivity index (χ1) is 13.7. The molecule has 6 nitrogen and oxygen atoms in total. The summed E-state index contributed by atoms with van der Waals surface area (Å²) in [7, 11) is 0. The number of aryl methyl sites for hydroxylation is 1. The van der Waals surface area contributed by atoms with Gasteiger partial charge in [0.2, 0.25) is 5.91 Å². The Balaban J connectivity index is 1.37. The third-order valence-corrected chi connectivity index (χ3v) is 5.79. The van der Waals surface area contributed by atoms with Gasteiger partial charge in [-0.2, -0.15) is 0 Å². The molecule has 1 unspecified atom stereocenters. The number of fused-ring (bicyclic) bond motifs is 1. The largest absolute Gasteiger partial charge is 0.354 e. The van der Waals surface area contributed by atoms with E-state index in [2.05, 4.69) is 15.6 Å². The second kappa shape index (κ2) is 8.39. The molecule has 0 saturated carbocycles. The predicted molar refractivity (Wildman–Crippen MR) is 108 cm³/mol. The molecule has 1 aromatic carbocycles. The number of carbonyl (C=O) groups excluding carboxylic acids is 2. The van der Waals surface area contributed by atoms with Gasteiger partial charge < -0.3 is 15.2 Å². The third kappa shape index (κ3) is 4.14. The van der Waals surface area contributed by atoms with Crippen molar-refractivity contribution in [2.75, 3.05) is 6.54 Å². The predicted octanol–water partition coefficient (Wildman–Crippen LogP) is 2.72. The van der Waals surface area contributed by atoms with Crippen molar-refractivity contribution in [2.24, 2.45) is 0 Å². The summed E-state index contributed by atoms with van der Waals surface area (Å²) >= 11 is 1.58. The Morgan fingerprint density at radius 3 is 2.79 bits per heavy atom. The number of carbonyl (C=O) groups is 2. The molecule has 2 aromatic heterocycles. The van der Waals surface area contributed by atoms with E-state index in [1.807, 2.05) is 52.4 Å². The highest BCUT2D eigenvalue weighted by Gasteiger charge is 2.28. The molecule has 2 N–H and O–H groups in total. The normalized spacial score (nSPS) is 15.2. The van der Waals surface area contributed by atoms with Gasteiger partial charge in [-0.15, -0.1) is 11.3 Å². The molecule has 3 heterocycles. The summed E-state index contributed by atoms with van der Waals surface area (Å²) in [6.45, 7) is 0.981. The molecule has 0 fully saturated rings. The highest BCUT2D eigenvalue weighted by Crippen LogP contribution is 2.27. The topological polar surface area (TPSA) is 76.0 Å². The third-order valence-electron chi connectivity index (χ3n) is 4.92. The fourth-order valence-corrected chi connectivity index (χ4v) is 4.22. The number of rotatable bonds is 7. The SMILES string of the molecule is O=C(Cc1cccs1)NCC1CCc2ncc(C(=O)NCc3ccccc3)n21. The molecule has 3 aromatic rings. The zero-order chi connectivity index (χ0) is 19.3. The number of amides is 2. The number of aromatic nitrogens is 2. The number of benzene rings is 1. The van der Waals surface area contributed by atoms with E-state index in [4.69, 9.17) is 0 Å². The summed E-state index contributed by atoms with van der Waals surface area (Å²) < 4.78 is 1.98. The van der Waals surface area contributed by atoms with Crippen molar-refractivity contribution >= 4 is 23.2 Å². The first-order valence-electron chi connectivity index (χ1n) is 9.38. The summed E-state index contributed by atoms with van der Waals surface area (Å²) in [6, 6.07) is 13.8. The smallest absolute Gasteiger partial charge is 0.269 e. The van der Waals surface area contributed by atoms with Crippen molar-refractivity contribution in [1.82, 2.24) is 20.2 Å². The van der Waals surface area contributed by atoms with Gasteiger partial charge in [-0.25, -0.2) is 4.98 Å². The van der Waals surface area contributed by atoms with Gasteiger partial charge in [0, 0.05) is 24.4 Å². The molecule has 28 heavy (non-hydrogen) atoms. The molecule has 1 atom stereocenters. The zero-order valence-corrected chi connectivity index (χ0v) is 16.2. The van der Waals surface area contributed by atoms with Crippen LogP contribution in [0.5, 0.6) is 0 Å². The van der Waals surface area contributed by atoms with Gasteiger partial charge in [0.25, 0.3) is 5.91 Å². The van der Waals surface area contributed by atoms with Crippen LogP contribution in [0.1, 0.15) is 39.2 Å². The maximum absolute atomic E-state index is 12.7. The van der Waals surface area contributed by atoms with Crippen LogP contribution in [-0.2, 0) is 24.2 Å². The van der Waals surface area contributed by atoms with Crippen molar-refractivity contribution in [3.63, 3.8) is 0 Å². The van der Waals surface area contributed by atoms with Crippen molar-refractivity contribution in [1.29, 1.82) is 0 Å². The van der Waals surface area contributed by atoms with Crippen LogP contribution in [0.4, 0.5) is 0 Å². The van der Waals surface area contributed by atoms with Crippen molar-refractivity contribution in [3.05, 3.63) is 76.0 Å². The minimum absolute atomic E-state index is 0.00564. The van der Waals surface area contributed by atoms with Crippen LogP contribution in [0.3, 0.4) is 0 Å². The Labute approximate surface area is 167 Å². The zero-order valence-electron chi connectivity index (χ0n) is 15.4. The van der Waals surface area contributed by atoms with Crippen molar-refractivity contribution in [2.45, 2.75) is 31.8 Å². The van der Waals surface area contributed by atoms with Gasteiger partial charge in [0.1, 0.15) is 11.5 Å². The Morgan fingerprint density at radius 1 is 1.14 bits per heavy atom. The van der Waals surface area contributed by atoms with E-state index in [1.165, 1.54) is 0 Å². The van der Waals surface area contributed by atoms with Gasteiger partial charge in [0.15, 0.2) is 0 Å². The second-order valence-electron chi connectivity index (χ2n) is 6.85. The second-order valence-corrected chi connectivity index (χ2v) is 7.88. The van der Waals surface area contributed by atoms with E-state index in [1.54, 1.807) is 17.5 Å². The van der Waals surface area contributed by atoms with E-state index in [0.717, 1.165) is 29.1 Å². The lowest BCUT2D eigenvalue weighted by molar-refractivity contribution is -0.120. The van der Waals surface area contributed by atoms with Gasteiger partial charge in [0.05, 0.1) is 18.7 Å². The molecule has 4 rings (SSSR count). The first kappa shape index (κ1) is 18.4. The van der Waals surface area contributed by atoms with Gasteiger partial charge in [-0.3, -0.25) is 9.59 Å². The van der Waals surface area contributed by atoms with E-state index in [0.29, 0.717) is 25.2 Å². The molecular formula is C21H22N4O2S. The summed E-state index contributed by atoms with van der Waals surface area (Å²) in [5.74, 6) is 0.771. The lowest BCUT2D eigenvalue weighted by Crippen LogP contribution is -2.32. The summed E-state index contributed by atoms with van der Waals surface area (Å²) in [4.78, 5) is 30.3.